The first-order valence-corrected chi connectivity index (χ1v) is 5.86. The SMILES string of the molecule is CC(C)Cc1cccnc1OC1CCC1. The lowest BCUT2D eigenvalue weighted by Crippen LogP contribution is -2.25. The Bertz CT molecular complexity index is 318. The summed E-state index contributed by atoms with van der Waals surface area (Å²) in [6.07, 6.45) is 6.98. The van der Waals surface area contributed by atoms with Crippen molar-refractivity contribution in [2.75, 3.05) is 0 Å². The molecule has 0 saturated heterocycles. The van der Waals surface area contributed by atoms with E-state index in [9.17, 15) is 0 Å². The lowest BCUT2D eigenvalue weighted by Gasteiger charge is -2.26. The van der Waals surface area contributed by atoms with E-state index < -0.39 is 0 Å². The number of hydrogen-bond donors (Lipinski definition) is 0. The summed E-state index contributed by atoms with van der Waals surface area (Å²) in [5.41, 5.74) is 1.25. The third-order valence-corrected chi connectivity index (χ3v) is 2.81. The molecule has 1 fully saturated rings. The standard InChI is InChI=1S/C13H19NO/c1-10(2)9-11-5-4-8-14-13(11)15-12-6-3-7-12/h4-5,8,10,12H,3,6-7,9H2,1-2H3. The molecule has 0 bridgehead atoms. The van der Waals surface area contributed by atoms with E-state index in [1.807, 2.05) is 12.3 Å². The van der Waals surface area contributed by atoms with Crippen molar-refractivity contribution < 1.29 is 4.74 Å². The Balaban J connectivity index is 2.06. The van der Waals surface area contributed by atoms with Crippen molar-refractivity contribution in [3.63, 3.8) is 0 Å². The molecule has 2 rings (SSSR count). The van der Waals surface area contributed by atoms with Gasteiger partial charge in [-0.3, -0.25) is 0 Å². The van der Waals surface area contributed by atoms with Crippen LogP contribution in [0.5, 0.6) is 5.88 Å². The van der Waals surface area contributed by atoms with E-state index >= 15 is 0 Å². The molecule has 0 radical (unpaired) electrons. The van der Waals surface area contributed by atoms with Crippen LogP contribution in [0.25, 0.3) is 0 Å². The largest absolute Gasteiger partial charge is 0.474 e. The smallest absolute Gasteiger partial charge is 0.216 e. The first kappa shape index (κ1) is 10.5. The lowest BCUT2D eigenvalue weighted by atomic mass is 9.96. The Morgan fingerprint density at radius 1 is 1.47 bits per heavy atom. The second-order valence-corrected chi connectivity index (χ2v) is 4.74. The monoisotopic (exact) mass is 205 g/mol. The zero-order chi connectivity index (χ0) is 10.7. The fourth-order valence-corrected chi connectivity index (χ4v) is 1.77. The lowest BCUT2D eigenvalue weighted by molar-refractivity contribution is 0.113. The summed E-state index contributed by atoms with van der Waals surface area (Å²) in [7, 11) is 0. The fraction of sp³-hybridized carbons (Fsp3) is 0.615. The molecule has 0 aliphatic heterocycles. The summed E-state index contributed by atoms with van der Waals surface area (Å²) in [5.74, 6) is 1.51. The van der Waals surface area contributed by atoms with Gasteiger partial charge in [0.2, 0.25) is 5.88 Å². The molecule has 15 heavy (non-hydrogen) atoms. The molecule has 1 heterocycles. The molecular formula is C13H19NO. The van der Waals surface area contributed by atoms with Crippen molar-refractivity contribution in [3.05, 3.63) is 23.9 Å². The molecule has 0 N–H and O–H groups in total. The molecule has 0 amide bonds. The quantitative estimate of drug-likeness (QED) is 0.753. The van der Waals surface area contributed by atoms with Gasteiger partial charge in [0.05, 0.1) is 0 Å². The molecule has 0 spiro atoms. The second-order valence-electron chi connectivity index (χ2n) is 4.74. The molecule has 2 nitrogen and oxygen atoms in total. The van der Waals surface area contributed by atoms with Gasteiger partial charge < -0.3 is 4.74 Å². The third kappa shape index (κ3) is 2.71. The maximum atomic E-state index is 5.87. The number of aromatic nitrogens is 1. The molecule has 1 aromatic rings. The molecule has 1 aliphatic rings. The number of pyridine rings is 1. The Kier molecular flexibility index (Phi) is 3.24. The van der Waals surface area contributed by atoms with Crippen molar-refractivity contribution in [1.29, 1.82) is 0 Å². The van der Waals surface area contributed by atoms with Gasteiger partial charge in [0.15, 0.2) is 0 Å². The minimum absolute atomic E-state index is 0.422. The third-order valence-electron chi connectivity index (χ3n) is 2.81. The van der Waals surface area contributed by atoms with Gasteiger partial charge in [-0.1, -0.05) is 19.9 Å². The summed E-state index contributed by atoms with van der Waals surface area (Å²) in [5, 5.41) is 0. The minimum atomic E-state index is 0.422. The topological polar surface area (TPSA) is 22.1 Å². The summed E-state index contributed by atoms with van der Waals surface area (Å²) in [4.78, 5) is 4.33. The van der Waals surface area contributed by atoms with E-state index in [0.29, 0.717) is 12.0 Å². The van der Waals surface area contributed by atoms with Crippen LogP contribution in [0, 0.1) is 5.92 Å². The molecule has 0 aromatic carbocycles. The van der Waals surface area contributed by atoms with Crippen LogP contribution in [0.2, 0.25) is 0 Å². The van der Waals surface area contributed by atoms with Crippen LogP contribution < -0.4 is 4.74 Å². The van der Waals surface area contributed by atoms with Gasteiger partial charge in [-0.25, -0.2) is 4.98 Å². The first-order chi connectivity index (χ1) is 7.25. The van der Waals surface area contributed by atoms with Gasteiger partial charge >= 0.3 is 0 Å². The predicted octanol–water partition coefficient (Wildman–Crippen LogP) is 3.21. The zero-order valence-electron chi connectivity index (χ0n) is 9.57. The van der Waals surface area contributed by atoms with Gasteiger partial charge in [0, 0.05) is 11.8 Å². The van der Waals surface area contributed by atoms with Crippen molar-refractivity contribution in [2.45, 2.75) is 45.6 Å². The van der Waals surface area contributed by atoms with E-state index in [0.717, 1.165) is 12.3 Å². The van der Waals surface area contributed by atoms with E-state index in [2.05, 4.69) is 24.9 Å². The highest BCUT2D eigenvalue weighted by atomic mass is 16.5. The second kappa shape index (κ2) is 4.65. The normalized spacial score (nSPS) is 16.5. The summed E-state index contributed by atoms with van der Waals surface area (Å²) < 4.78 is 5.87. The maximum Gasteiger partial charge on any atom is 0.216 e. The van der Waals surface area contributed by atoms with Crippen molar-refractivity contribution >= 4 is 0 Å². The Labute approximate surface area is 91.7 Å². The first-order valence-electron chi connectivity index (χ1n) is 5.86. The molecule has 1 aliphatic carbocycles. The molecule has 2 heteroatoms. The summed E-state index contributed by atoms with van der Waals surface area (Å²) in [6, 6.07) is 4.12. The average Bonchev–Trinajstić information content (AvgIpc) is 2.13. The number of rotatable bonds is 4. The summed E-state index contributed by atoms with van der Waals surface area (Å²) in [6.45, 7) is 4.44. The molecule has 1 aromatic heterocycles. The van der Waals surface area contributed by atoms with Gasteiger partial charge in [-0.15, -0.1) is 0 Å². The van der Waals surface area contributed by atoms with Crippen LogP contribution >= 0.6 is 0 Å². The van der Waals surface area contributed by atoms with Crippen LogP contribution in [0.3, 0.4) is 0 Å². The minimum Gasteiger partial charge on any atom is -0.474 e. The van der Waals surface area contributed by atoms with Crippen LogP contribution in [0.1, 0.15) is 38.7 Å². The van der Waals surface area contributed by atoms with Gasteiger partial charge in [0.25, 0.3) is 0 Å². The van der Waals surface area contributed by atoms with Crippen molar-refractivity contribution in [3.8, 4) is 5.88 Å². The van der Waals surface area contributed by atoms with Crippen LogP contribution in [-0.4, -0.2) is 11.1 Å². The van der Waals surface area contributed by atoms with Gasteiger partial charge in [-0.2, -0.15) is 0 Å². The van der Waals surface area contributed by atoms with Crippen LogP contribution in [-0.2, 0) is 6.42 Å². The van der Waals surface area contributed by atoms with E-state index in [-0.39, 0.29) is 0 Å². The summed E-state index contributed by atoms with van der Waals surface area (Å²) >= 11 is 0. The van der Waals surface area contributed by atoms with E-state index in [1.54, 1.807) is 0 Å². The average molecular weight is 205 g/mol. The Hall–Kier alpha value is -1.05. The maximum absolute atomic E-state index is 5.87. The number of nitrogens with zero attached hydrogens (tertiary/aromatic N) is 1. The van der Waals surface area contributed by atoms with Crippen molar-refractivity contribution in [1.82, 2.24) is 4.98 Å². The number of ether oxygens (including phenoxy) is 1. The molecule has 82 valence electrons. The van der Waals surface area contributed by atoms with E-state index in [1.165, 1.54) is 24.8 Å². The Morgan fingerprint density at radius 2 is 2.27 bits per heavy atom. The van der Waals surface area contributed by atoms with Gasteiger partial charge in [-0.05, 0) is 37.7 Å². The van der Waals surface area contributed by atoms with Gasteiger partial charge in [0.1, 0.15) is 6.10 Å². The number of hydrogen-bond acceptors (Lipinski definition) is 2. The zero-order valence-corrected chi connectivity index (χ0v) is 9.57. The predicted molar refractivity (Wildman–Crippen MR) is 61.0 cm³/mol. The molecule has 0 atom stereocenters. The highest BCUT2D eigenvalue weighted by molar-refractivity contribution is 5.26. The van der Waals surface area contributed by atoms with Crippen LogP contribution in [0.4, 0.5) is 0 Å². The highest BCUT2D eigenvalue weighted by Crippen LogP contribution is 2.26. The van der Waals surface area contributed by atoms with Crippen molar-refractivity contribution in [2.24, 2.45) is 5.92 Å². The molecular weight excluding hydrogens is 186 g/mol. The highest BCUT2D eigenvalue weighted by Gasteiger charge is 2.20. The van der Waals surface area contributed by atoms with E-state index in [4.69, 9.17) is 4.74 Å². The fourth-order valence-electron chi connectivity index (χ4n) is 1.77. The Morgan fingerprint density at radius 3 is 2.87 bits per heavy atom. The van der Waals surface area contributed by atoms with Crippen LogP contribution in [0.15, 0.2) is 18.3 Å². The molecule has 1 saturated carbocycles. The molecule has 0 unspecified atom stereocenters.